The second kappa shape index (κ2) is 5.59. The third kappa shape index (κ3) is 2.31. The lowest BCUT2D eigenvalue weighted by molar-refractivity contribution is 0.173. The summed E-state index contributed by atoms with van der Waals surface area (Å²) in [5.74, 6) is 0.849. The molecule has 1 heterocycles. The van der Waals surface area contributed by atoms with Crippen LogP contribution in [0, 0.1) is 0 Å². The van der Waals surface area contributed by atoms with E-state index in [4.69, 9.17) is 4.74 Å². The zero-order valence-electron chi connectivity index (χ0n) is 11.4. The van der Waals surface area contributed by atoms with E-state index in [0.717, 1.165) is 30.7 Å². The van der Waals surface area contributed by atoms with Gasteiger partial charge in [0.2, 0.25) is 0 Å². The SMILES string of the molecule is CNCC(O)c1ccc2c(c1OC)CCCN2C. The van der Waals surface area contributed by atoms with Crippen molar-refractivity contribution < 1.29 is 9.84 Å². The smallest absolute Gasteiger partial charge is 0.129 e. The number of ether oxygens (including phenoxy) is 1. The number of nitrogens with one attached hydrogen (secondary N) is 1. The van der Waals surface area contributed by atoms with Gasteiger partial charge in [-0.1, -0.05) is 6.07 Å². The Morgan fingerprint density at radius 3 is 2.94 bits per heavy atom. The highest BCUT2D eigenvalue weighted by molar-refractivity contribution is 5.63. The van der Waals surface area contributed by atoms with Crippen LogP contribution >= 0.6 is 0 Å². The summed E-state index contributed by atoms with van der Waals surface area (Å²) in [5.41, 5.74) is 3.32. The second-order valence-corrected chi connectivity index (χ2v) is 4.78. The predicted molar refractivity (Wildman–Crippen MR) is 73.5 cm³/mol. The third-order valence-corrected chi connectivity index (χ3v) is 3.56. The molecule has 2 rings (SSSR count). The van der Waals surface area contributed by atoms with E-state index >= 15 is 0 Å². The van der Waals surface area contributed by atoms with Crippen molar-refractivity contribution in [1.82, 2.24) is 5.32 Å². The Kier molecular flexibility index (Phi) is 4.09. The van der Waals surface area contributed by atoms with Crippen LogP contribution in [0.5, 0.6) is 5.75 Å². The molecule has 0 fully saturated rings. The van der Waals surface area contributed by atoms with Crippen LogP contribution in [0.2, 0.25) is 0 Å². The highest BCUT2D eigenvalue weighted by atomic mass is 16.5. The first kappa shape index (κ1) is 13.2. The lowest BCUT2D eigenvalue weighted by Crippen LogP contribution is -2.26. The van der Waals surface area contributed by atoms with Gasteiger partial charge < -0.3 is 20.1 Å². The lowest BCUT2D eigenvalue weighted by atomic mass is 9.95. The highest BCUT2D eigenvalue weighted by Gasteiger charge is 2.22. The van der Waals surface area contributed by atoms with Crippen molar-refractivity contribution in [3.05, 3.63) is 23.3 Å². The minimum Gasteiger partial charge on any atom is -0.496 e. The van der Waals surface area contributed by atoms with Gasteiger partial charge in [0.15, 0.2) is 0 Å². The summed E-state index contributed by atoms with van der Waals surface area (Å²) in [6.45, 7) is 1.61. The van der Waals surface area contributed by atoms with Crippen LogP contribution in [0.4, 0.5) is 5.69 Å². The largest absolute Gasteiger partial charge is 0.496 e. The molecule has 1 aliphatic rings. The Hall–Kier alpha value is -1.26. The number of hydrogen-bond donors (Lipinski definition) is 2. The Morgan fingerprint density at radius 1 is 1.50 bits per heavy atom. The fraction of sp³-hybridized carbons (Fsp3) is 0.571. The molecular formula is C14H22N2O2. The Morgan fingerprint density at radius 2 is 2.28 bits per heavy atom. The average Bonchev–Trinajstić information content (AvgIpc) is 2.38. The molecule has 1 unspecified atom stereocenters. The van der Waals surface area contributed by atoms with Gasteiger partial charge in [0, 0.05) is 37.0 Å². The monoisotopic (exact) mass is 250 g/mol. The summed E-state index contributed by atoms with van der Waals surface area (Å²) >= 11 is 0. The molecule has 4 nitrogen and oxygen atoms in total. The van der Waals surface area contributed by atoms with Crippen LogP contribution in [-0.4, -0.2) is 39.4 Å². The summed E-state index contributed by atoms with van der Waals surface area (Å²) in [6, 6.07) is 4.06. The first-order valence-electron chi connectivity index (χ1n) is 6.42. The number of methoxy groups -OCH3 is 1. The maximum atomic E-state index is 10.1. The second-order valence-electron chi connectivity index (χ2n) is 4.78. The van der Waals surface area contributed by atoms with Crippen molar-refractivity contribution in [3.63, 3.8) is 0 Å². The fourth-order valence-electron chi connectivity index (χ4n) is 2.65. The quantitative estimate of drug-likeness (QED) is 0.846. The zero-order valence-corrected chi connectivity index (χ0v) is 11.4. The van der Waals surface area contributed by atoms with Gasteiger partial charge in [-0.15, -0.1) is 0 Å². The molecule has 0 amide bonds. The lowest BCUT2D eigenvalue weighted by Gasteiger charge is -2.30. The molecule has 0 spiro atoms. The number of nitrogens with zero attached hydrogens (tertiary/aromatic N) is 1. The van der Waals surface area contributed by atoms with E-state index in [1.54, 1.807) is 7.11 Å². The normalized spacial score (nSPS) is 16.3. The zero-order chi connectivity index (χ0) is 13.1. The van der Waals surface area contributed by atoms with Gasteiger partial charge in [0.25, 0.3) is 0 Å². The molecule has 1 aromatic carbocycles. The van der Waals surface area contributed by atoms with Gasteiger partial charge >= 0.3 is 0 Å². The van der Waals surface area contributed by atoms with E-state index in [1.807, 2.05) is 13.1 Å². The van der Waals surface area contributed by atoms with Gasteiger partial charge in [-0.25, -0.2) is 0 Å². The molecule has 0 saturated carbocycles. The molecule has 18 heavy (non-hydrogen) atoms. The molecule has 0 aliphatic carbocycles. The number of rotatable bonds is 4. The Balaban J connectivity index is 2.44. The number of anilines is 1. The first-order valence-corrected chi connectivity index (χ1v) is 6.42. The topological polar surface area (TPSA) is 44.7 Å². The van der Waals surface area contributed by atoms with Crippen molar-refractivity contribution in [2.45, 2.75) is 18.9 Å². The summed E-state index contributed by atoms with van der Waals surface area (Å²) in [7, 11) is 5.61. The van der Waals surface area contributed by atoms with E-state index in [9.17, 15) is 5.11 Å². The number of hydrogen-bond acceptors (Lipinski definition) is 4. The van der Waals surface area contributed by atoms with Gasteiger partial charge in [-0.05, 0) is 26.0 Å². The molecule has 0 radical (unpaired) electrons. The number of likely N-dealkylation sites (N-methyl/N-ethyl adjacent to an activating group) is 1. The van der Waals surface area contributed by atoms with Gasteiger partial charge in [-0.2, -0.15) is 0 Å². The molecule has 4 heteroatoms. The number of benzene rings is 1. The van der Waals surface area contributed by atoms with Crippen LogP contribution in [0.15, 0.2) is 12.1 Å². The van der Waals surface area contributed by atoms with Crippen molar-refractivity contribution in [1.29, 1.82) is 0 Å². The standard InChI is InChI=1S/C14H22N2O2/c1-15-9-13(17)11-6-7-12-10(14(11)18-3)5-4-8-16(12)2/h6-7,13,15,17H,4-5,8-9H2,1-3H3. The molecule has 1 aliphatic heterocycles. The highest BCUT2D eigenvalue weighted by Crippen LogP contribution is 2.38. The molecule has 1 aromatic rings. The molecule has 0 aromatic heterocycles. The van der Waals surface area contributed by atoms with E-state index in [-0.39, 0.29) is 0 Å². The molecule has 0 bridgehead atoms. The molecule has 1 atom stereocenters. The van der Waals surface area contributed by atoms with Crippen molar-refractivity contribution in [3.8, 4) is 5.75 Å². The molecule has 100 valence electrons. The fourth-order valence-corrected chi connectivity index (χ4v) is 2.65. The maximum Gasteiger partial charge on any atom is 0.129 e. The predicted octanol–water partition coefficient (Wildman–Crippen LogP) is 1.33. The van der Waals surface area contributed by atoms with Crippen molar-refractivity contribution >= 4 is 5.69 Å². The summed E-state index contributed by atoms with van der Waals surface area (Å²) in [5, 5.41) is 13.1. The summed E-state index contributed by atoms with van der Waals surface area (Å²) in [4.78, 5) is 2.25. The minimum absolute atomic E-state index is 0.525. The maximum absolute atomic E-state index is 10.1. The molecule has 0 saturated heterocycles. The van der Waals surface area contributed by atoms with E-state index in [0.29, 0.717) is 6.54 Å². The number of aliphatic hydroxyl groups excluding tert-OH is 1. The Labute approximate surface area is 109 Å². The average molecular weight is 250 g/mol. The van der Waals surface area contributed by atoms with Crippen LogP contribution in [0.1, 0.15) is 23.7 Å². The van der Waals surface area contributed by atoms with Crippen LogP contribution < -0.4 is 15.0 Å². The van der Waals surface area contributed by atoms with E-state index in [1.165, 1.54) is 11.3 Å². The number of fused-ring (bicyclic) bond motifs is 1. The van der Waals surface area contributed by atoms with Gasteiger partial charge in [0.05, 0.1) is 13.2 Å². The van der Waals surface area contributed by atoms with Crippen molar-refractivity contribution in [2.75, 3.05) is 39.2 Å². The van der Waals surface area contributed by atoms with Crippen LogP contribution in [0.3, 0.4) is 0 Å². The first-order chi connectivity index (χ1) is 8.69. The van der Waals surface area contributed by atoms with Crippen LogP contribution in [0.25, 0.3) is 0 Å². The van der Waals surface area contributed by atoms with Crippen molar-refractivity contribution in [2.24, 2.45) is 0 Å². The van der Waals surface area contributed by atoms with Gasteiger partial charge in [-0.3, -0.25) is 0 Å². The minimum atomic E-state index is -0.525. The van der Waals surface area contributed by atoms with E-state index < -0.39 is 6.10 Å². The van der Waals surface area contributed by atoms with E-state index in [2.05, 4.69) is 23.3 Å². The summed E-state index contributed by atoms with van der Waals surface area (Å²) in [6.07, 6.45) is 1.62. The van der Waals surface area contributed by atoms with Gasteiger partial charge in [0.1, 0.15) is 5.75 Å². The number of aliphatic hydroxyl groups is 1. The van der Waals surface area contributed by atoms with Crippen LogP contribution in [-0.2, 0) is 6.42 Å². The Bertz CT molecular complexity index is 421. The summed E-state index contributed by atoms with van der Waals surface area (Å²) < 4.78 is 5.55. The third-order valence-electron chi connectivity index (χ3n) is 3.56. The molecule has 2 N–H and O–H groups in total. The molecular weight excluding hydrogens is 228 g/mol.